The second-order valence-electron chi connectivity index (χ2n) is 3.73. The summed E-state index contributed by atoms with van der Waals surface area (Å²) in [6.45, 7) is 0.405. The molecule has 1 rings (SSSR count). The maximum Gasteiger partial charge on any atom is 0.228 e. The lowest BCUT2D eigenvalue weighted by molar-refractivity contribution is 0.113. The van der Waals surface area contributed by atoms with Gasteiger partial charge in [0.15, 0.2) is 0 Å². The highest BCUT2D eigenvalue weighted by molar-refractivity contribution is 7.58. The zero-order valence-corrected chi connectivity index (χ0v) is 9.84. The minimum absolute atomic E-state index is 0. The van der Waals surface area contributed by atoms with E-state index in [0.717, 1.165) is 19.3 Å². The van der Waals surface area contributed by atoms with Crippen LogP contribution in [0.2, 0.25) is 0 Å². The summed E-state index contributed by atoms with van der Waals surface area (Å²) in [5.74, 6) is -0.957. The summed E-state index contributed by atoms with van der Waals surface area (Å²) in [6, 6.07) is 0. The highest BCUT2D eigenvalue weighted by Gasteiger charge is 2.37. The molecule has 2 atom stereocenters. The van der Waals surface area contributed by atoms with Crippen LogP contribution in [0.25, 0.3) is 0 Å². The van der Waals surface area contributed by atoms with E-state index in [9.17, 15) is 14.6 Å². The van der Waals surface area contributed by atoms with E-state index in [1.165, 1.54) is 0 Å². The minimum atomic E-state index is -3.35. The first kappa shape index (κ1) is 14.4. The van der Waals surface area contributed by atoms with Crippen molar-refractivity contribution in [3.63, 3.8) is 0 Å². The van der Waals surface area contributed by atoms with Crippen LogP contribution in [0.15, 0.2) is 0 Å². The van der Waals surface area contributed by atoms with Gasteiger partial charge in [-0.1, -0.05) is 6.42 Å². The Kier molecular flexibility index (Phi) is 6.26. The smallest absolute Gasteiger partial charge is 0.228 e. The SMILES string of the molecule is Cl.NCCCP(=O)(O)C(O)C1CCC1. The third kappa shape index (κ3) is 3.52. The van der Waals surface area contributed by atoms with Gasteiger partial charge >= 0.3 is 0 Å². The molecule has 0 aromatic carbocycles. The van der Waals surface area contributed by atoms with Crippen molar-refractivity contribution in [1.29, 1.82) is 0 Å². The molecule has 1 saturated carbocycles. The molecule has 0 spiro atoms. The Hall–Kier alpha value is 0.400. The van der Waals surface area contributed by atoms with E-state index in [0.29, 0.717) is 13.0 Å². The topological polar surface area (TPSA) is 83.6 Å². The van der Waals surface area contributed by atoms with Gasteiger partial charge in [-0.05, 0) is 31.7 Å². The molecule has 1 fully saturated rings. The Morgan fingerprint density at radius 2 is 2.07 bits per heavy atom. The van der Waals surface area contributed by atoms with Crippen molar-refractivity contribution in [2.45, 2.75) is 31.5 Å². The monoisotopic (exact) mass is 243 g/mol. The van der Waals surface area contributed by atoms with Crippen molar-refractivity contribution in [3.05, 3.63) is 0 Å². The molecular formula is C8H19ClNO3P. The Morgan fingerprint density at radius 1 is 1.50 bits per heavy atom. The van der Waals surface area contributed by atoms with Crippen LogP contribution in [0.4, 0.5) is 0 Å². The van der Waals surface area contributed by atoms with Crippen LogP contribution in [0, 0.1) is 5.92 Å². The summed E-state index contributed by atoms with van der Waals surface area (Å²) in [5.41, 5.74) is 5.24. The standard InChI is InChI=1S/C8H18NO3P.ClH/c9-5-2-6-13(11,12)8(10)7-3-1-4-7;/h7-8,10H,1-6,9H2,(H,11,12);1H. The molecule has 1 aliphatic rings. The largest absolute Gasteiger partial charge is 0.383 e. The summed E-state index contributed by atoms with van der Waals surface area (Å²) >= 11 is 0. The van der Waals surface area contributed by atoms with Gasteiger partial charge in [0.1, 0.15) is 5.85 Å². The van der Waals surface area contributed by atoms with Crippen LogP contribution in [-0.4, -0.2) is 28.6 Å². The van der Waals surface area contributed by atoms with E-state index in [2.05, 4.69) is 0 Å². The number of aliphatic hydroxyl groups excluding tert-OH is 1. The van der Waals surface area contributed by atoms with Gasteiger partial charge in [-0.25, -0.2) is 0 Å². The summed E-state index contributed by atoms with van der Waals surface area (Å²) in [6.07, 6.45) is 3.50. The van der Waals surface area contributed by atoms with E-state index in [1.807, 2.05) is 0 Å². The number of rotatable bonds is 5. The number of aliphatic hydroxyl groups is 1. The Morgan fingerprint density at radius 3 is 2.43 bits per heavy atom. The van der Waals surface area contributed by atoms with Crippen LogP contribution in [0.5, 0.6) is 0 Å². The summed E-state index contributed by atoms with van der Waals surface area (Å²) in [4.78, 5) is 9.50. The Balaban J connectivity index is 0.00000169. The molecule has 0 aromatic heterocycles. The summed E-state index contributed by atoms with van der Waals surface area (Å²) < 4.78 is 11.6. The quantitative estimate of drug-likeness (QED) is 0.633. The van der Waals surface area contributed by atoms with Gasteiger partial charge in [-0.3, -0.25) is 4.57 Å². The molecule has 4 N–H and O–H groups in total. The fraction of sp³-hybridized carbons (Fsp3) is 1.00. The molecule has 2 unspecified atom stereocenters. The maximum atomic E-state index is 11.6. The molecule has 14 heavy (non-hydrogen) atoms. The third-order valence-corrected chi connectivity index (χ3v) is 4.87. The van der Waals surface area contributed by atoms with E-state index in [-0.39, 0.29) is 24.5 Å². The van der Waals surface area contributed by atoms with E-state index in [4.69, 9.17) is 5.73 Å². The van der Waals surface area contributed by atoms with Crippen LogP contribution in [0.1, 0.15) is 25.7 Å². The molecule has 0 amide bonds. The summed E-state index contributed by atoms with van der Waals surface area (Å²) in [5, 5.41) is 9.57. The Bertz CT molecular complexity index is 211. The number of hydrogen-bond donors (Lipinski definition) is 3. The first-order valence-electron chi connectivity index (χ1n) is 4.77. The van der Waals surface area contributed by atoms with Gasteiger partial charge in [0.25, 0.3) is 0 Å². The van der Waals surface area contributed by atoms with Gasteiger partial charge in [0, 0.05) is 6.16 Å². The van der Waals surface area contributed by atoms with Crippen LogP contribution in [-0.2, 0) is 4.57 Å². The molecule has 0 bridgehead atoms. The van der Waals surface area contributed by atoms with Gasteiger partial charge in [0.2, 0.25) is 7.37 Å². The van der Waals surface area contributed by atoms with Crippen molar-refractivity contribution in [3.8, 4) is 0 Å². The first-order chi connectivity index (χ1) is 6.08. The second-order valence-corrected chi connectivity index (χ2v) is 6.21. The molecular weight excluding hydrogens is 225 g/mol. The highest BCUT2D eigenvalue weighted by Crippen LogP contribution is 2.52. The normalized spacial score (nSPS) is 23.1. The van der Waals surface area contributed by atoms with Gasteiger partial charge < -0.3 is 15.7 Å². The maximum absolute atomic E-state index is 11.6. The van der Waals surface area contributed by atoms with E-state index in [1.54, 1.807) is 0 Å². The molecule has 86 valence electrons. The number of halogens is 1. The molecule has 0 aliphatic heterocycles. The van der Waals surface area contributed by atoms with E-state index < -0.39 is 13.2 Å². The molecule has 6 heteroatoms. The van der Waals surface area contributed by atoms with E-state index >= 15 is 0 Å². The first-order valence-corrected chi connectivity index (χ1v) is 6.69. The molecule has 0 saturated heterocycles. The average Bonchev–Trinajstić information content (AvgIpc) is 1.97. The minimum Gasteiger partial charge on any atom is -0.383 e. The predicted molar refractivity (Wildman–Crippen MR) is 59.0 cm³/mol. The van der Waals surface area contributed by atoms with Crippen LogP contribution < -0.4 is 5.73 Å². The lowest BCUT2D eigenvalue weighted by Crippen LogP contribution is -2.27. The molecule has 0 aromatic rings. The van der Waals surface area contributed by atoms with Crippen LogP contribution in [0.3, 0.4) is 0 Å². The van der Waals surface area contributed by atoms with Gasteiger partial charge in [-0.15, -0.1) is 12.4 Å². The molecule has 0 radical (unpaired) electrons. The lowest BCUT2D eigenvalue weighted by Gasteiger charge is -2.32. The zero-order valence-electron chi connectivity index (χ0n) is 8.13. The summed E-state index contributed by atoms with van der Waals surface area (Å²) in [7, 11) is -3.35. The highest BCUT2D eigenvalue weighted by atomic mass is 35.5. The average molecular weight is 244 g/mol. The van der Waals surface area contributed by atoms with Crippen molar-refractivity contribution < 1.29 is 14.6 Å². The van der Waals surface area contributed by atoms with Crippen molar-refractivity contribution >= 4 is 19.8 Å². The number of nitrogens with two attached hydrogens (primary N) is 1. The zero-order chi connectivity index (χ0) is 9.90. The molecule has 1 aliphatic carbocycles. The fourth-order valence-electron chi connectivity index (χ4n) is 1.52. The predicted octanol–water partition coefficient (Wildman–Crippen LogP) is 1.15. The second kappa shape index (κ2) is 6.09. The molecule has 4 nitrogen and oxygen atoms in total. The third-order valence-electron chi connectivity index (χ3n) is 2.67. The van der Waals surface area contributed by atoms with Gasteiger partial charge in [-0.2, -0.15) is 0 Å². The van der Waals surface area contributed by atoms with Gasteiger partial charge in [0.05, 0.1) is 0 Å². The van der Waals surface area contributed by atoms with Crippen molar-refractivity contribution in [2.24, 2.45) is 11.7 Å². The van der Waals surface area contributed by atoms with Crippen molar-refractivity contribution in [1.82, 2.24) is 0 Å². The van der Waals surface area contributed by atoms with Crippen LogP contribution >= 0.6 is 19.8 Å². The lowest BCUT2D eigenvalue weighted by atomic mass is 9.86. The number of hydrogen-bond acceptors (Lipinski definition) is 3. The van der Waals surface area contributed by atoms with Crippen molar-refractivity contribution in [2.75, 3.05) is 12.7 Å². The molecule has 0 heterocycles. The Labute approximate surface area is 90.7 Å². The fourth-order valence-corrected chi connectivity index (χ4v) is 3.37.